The number of pyridine rings is 1. The molecule has 0 bridgehead atoms. The number of nitrogens with zero attached hydrogens (tertiary/aromatic N) is 3. The van der Waals surface area contributed by atoms with Crippen molar-refractivity contribution in [2.45, 2.75) is 90.7 Å². The second-order valence-electron chi connectivity index (χ2n) is 12.9. The number of hydrogen-bond donors (Lipinski definition) is 0. The van der Waals surface area contributed by atoms with Crippen molar-refractivity contribution < 1.29 is 19.0 Å². The number of ether oxygens (including phenoxy) is 3. The van der Waals surface area contributed by atoms with E-state index in [1.54, 1.807) is 17.4 Å². The molecule has 0 saturated carbocycles. The number of benzene rings is 2. The third-order valence-corrected chi connectivity index (χ3v) is 10.2. The number of piperazine rings is 1. The fourth-order valence-electron chi connectivity index (χ4n) is 6.49. The summed E-state index contributed by atoms with van der Waals surface area (Å²) >= 11 is 1.80. The Morgan fingerprint density at radius 3 is 2.29 bits per heavy atom. The third kappa shape index (κ3) is 10.7. The summed E-state index contributed by atoms with van der Waals surface area (Å²) in [6.45, 7) is 8.26. The van der Waals surface area contributed by atoms with Gasteiger partial charge >= 0.3 is 6.16 Å². The van der Waals surface area contributed by atoms with Gasteiger partial charge in [0.25, 0.3) is 5.56 Å². The van der Waals surface area contributed by atoms with Crippen molar-refractivity contribution in [2.75, 3.05) is 50.8 Å². The molecule has 1 saturated heterocycles. The molecular formula is C39H53N3O5S. The number of thiophene rings is 1. The van der Waals surface area contributed by atoms with E-state index in [0.29, 0.717) is 24.5 Å². The van der Waals surface area contributed by atoms with Gasteiger partial charge in [0.15, 0.2) is 6.73 Å². The predicted molar refractivity (Wildman–Crippen MR) is 198 cm³/mol. The molecule has 0 amide bonds. The quantitative estimate of drug-likeness (QED) is 0.0683. The molecule has 3 heterocycles. The first kappa shape index (κ1) is 35.7. The zero-order valence-corrected chi connectivity index (χ0v) is 29.5. The maximum atomic E-state index is 12.7. The van der Waals surface area contributed by atoms with Gasteiger partial charge in [0.2, 0.25) is 0 Å². The highest BCUT2D eigenvalue weighted by Gasteiger charge is 2.18. The summed E-state index contributed by atoms with van der Waals surface area (Å²) in [6, 6.07) is 17.8. The van der Waals surface area contributed by atoms with Crippen molar-refractivity contribution in [3.8, 4) is 5.75 Å². The van der Waals surface area contributed by atoms with Crippen LogP contribution in [-0.4, -0.2) is 61.6 Å². The van der Waals surface area contributed by atoms with Crippen molar-refractivity contribution in [2.24, 2.45) is 0 Å². The molecule has 8 nitrogen and oxygen atoms in total. The standard InChI is InChI=1S/C39H53N3O5S/c1-2-3-4-5-6-7-8-9-10-12-28-46-39(44)47-31-42-36-30-33(19-17-32(36)18-20-38(42)43)45-27-13-11-22-40-23-25-41(26-24-40)35-15-14-16-37-34(35)21-29-48-37/h14-21,29-30H,2-13,22-28,31H2,1H3. The van der Waals surface area contributed by atoms with Crippen molar-refractivity contribution >= 4 is 44.2 Å². The van der Waals surface area contributed by atoms with Gasteiger partial charge in [0.05, 0.1) is 18.7 Å². The molecule has 0 aliphatic carbocycles. The summed E-state index contributed by atoms with van der Waals surface area (Å²) in [5.74, 6) is 0.696. The maximum absolute atomic E-state index is 12.7. The van der Waals surface area contributed by atoms with Gasteiger partial charge in [-0.1, -0.05) is 70.8 Å². The van der Waals surface area contributed by atoms with E-state index in [1.807, 2.05) is 18.2 Å². The summed E-state index contributed by atoms with van der Waals surface area (Å²) in [4.78, 5) is 30.0. The van der Waals surface area contributed by atoms with Crippen LogP contribution >= 0.6 is 11.3 Å². The topological polar surface area (TPSA) is 73.2 Å². The number of anilines is 1. The van der Waals surface area contributed by atoms with Crippen LogP contribution in [-0.2, 0) is 16.2 Å². The molecule has 0 spiro atoms. The zero-order chi connectivity index (χ0) is 33.4. The van der Waals surface area contributed by atoms with Crippen LogP contribution in [0.25, 0.3) is 21.0 Å². The van der Waals surface area contributed by atoms with E-state index in [4.69, 9.17) is 14.2 Å². The molecule has 5 rings (SSSR count). The normalized spacial score (nSPS) is 13.7. The second-order valence-corrected chi connectivity index (χ2v) is 13.8. The minimum absolute atomic E-state index is 0.202. The van der Waals surface area contributed by atoms with Crippen LogP contribution in [0.2, 0.25) is 0 Å². The van der Waals surface area contributed by atoms with Gasteiger partial charge in [-0.15, -0.1) is 11.3 Å². The minimum Gasteiger partial charge on any atom is -0.494 e. The Morgan fingerprint density at radius 1 is 0.771 bits per heavy atom. The van der Waals surface area contributed by atoms with Crippen molar-refractivity contribution in [3.05, 3.63) is 70.3 Å². The van der Waals surface area contributed by atoms with E-state index in [1.165, 1.54) is 71.4 Å². The highest BCUT2D eigenvalue weighted by molar-refractivity contribution is 7.17. The molecule has 9 heteroatoms. The molecule has 0 atom stereocenters. The van der Waals surface area contributed by atoms with Crippen LogP contribution < -0.4 is 15.2 Å². The molecule has 1 aliphatic rings. The Hall–Kier alpha value is -3.56. The highest BCUT2D eigenvalue weighted by atomic mass is 32.1. The molecular weight excluding hydrogens is 623 g/mol. The van der Waals surface area contributed by atoms with Crippen LogP contribution in [0.5, 0.6) is 5.75 Å². The fraction of sp³-hybridized carbons (Fsp3) is 0.538. The molecule has 4 aromatic rings. The van der Waals surface area contributed by atoms with Gasteiger partial charge in [0, 0.05) is 54.1 Å². The zero-order valence-electron chi connectivity index (χ0n) is 28.7. The number of aromatic nitrogens is 1. The number of rotatable bonds is 20. The molecule has 1 aliphatic heterocycles. The lowest BCUT2D eigenvalue weighted by Crippen LogP contribution is -2.46. The summed E-state index contributed by atoms with van der Waals surface area (Å²) in [5, 5.41) is 4.42. The summed E-state index contributed by atoms with van der Waals surface area (Å²) in [6.07, 6.45) is 13.4. The Bertz CT molecular complexity index is 1610. The Morgan fingerprint density at radius 2 is 1.50 bits per heavy atom. The first-order valence-electron chi connectivity index (χ1n) is 18.1. The average molecular weight is 676 g/mol. The molecule has 0 unspecified atom stereocenters. The molecule has 260 valence electrons. The summed E-state index contributed by atoms with van der Waals surface area (Å²) in [7, 11) is 0. The molecule has 1 fully saturated rings. The number of carbonyl (C=O) groups excluding carboxylic acids is 1. The molecule has 2 aromatic heterocycles. The lowest BCUT2D eigenvalue weighted by Gasteiger charge is -2.36. The van der Waals surface area contributed by atoms with E-state index >= 15 is 0 Å². The lowest BCUT2D eigenvalue weighted by molar-refractivity contribution is 0.0331. The molecule has 2 aromatic carbocycles. The Labute approximate surface area is 289 Å². The fourth-order valence-corrected chi connectivity index (χ4v) is 7.30. The smallest absolute Gasteiger partial charge is 0.494 e. The number of fused-ring (bicyclic) bond motifs is 2. The monoisotopic (exact) mass is 675 g/mol. The van der Waals surface area contributed by atoms with E-state index in [2.05, 4.69) is 46.4 Å². The van der Waals surface area contributed by atoms with Crippen molar-refractivity contribution in [1.82, 2.24) is 9.47 Å². The van der Waals surface area contributed by atoms with Gasteiger partial charge in [0.1, 0.15) is 5.75 Å². The third-order valence-electron chi connectivity index (χ3n) is 9.32. The second kappa shape index (κ2) is 19.4. The van der Waals surface area contributed by atoms with Gasteiger partial charge < -0.3 is 19.1 Å². The molecule has 48 heavy (non-hydrogen) atoms. The SMILES string of the molecule is CCCCCCCCCCCCOC(=O)OCn1c(=O)ccc2ccc(OCCCCN3CCN(c4cccc5sccc45)CC3)cc21. The number of hydrogen-bond acceptors (Lipinski definition) is 8. The van der Waals surface area contributed by atoms with Gasteiger partial charge in [-0.2, -0.15) is 0 Å². The number of unbranched alkanes of at least 4 members (excludes halogenated alkanes) is 10. The van der Waals surface area contributed by atoms with Crippen molar-refractivity contribution in [3.63, 3.8) is 0 Å². The Balaban J connectivity index is 0.976. The van der Waals surface area contributed by atoms with E-state index in [-0.39, 0.29) is 12.3 Å². The maximum Gasteiger partial charge on any atom is 0.510 e. The van der Waals surface area contributed by atoms with Crippen LogP contribution in [0.15, 0.2) is 64.8 Å². The van der Waals surface area contributed by atoms with Gasteiger partial charge in [-0.05, 0) is 73.0 Å². The average Bonchev–Trinajstić information content (AvgIpc) is 3.60. The summed E-state index contributed by atoms with van der Waals surface area (Å²) in [5.41, 5.74) is 1.78. The summed E-state index contributed by atoms with van der Waals surface area (Å²) < 4.78 is 19.5. The first-order valence-corrected chi connectivity index (χ1v) is 19.0. The molecule has 0 radical (unpaired) electrons. The van der Waals surface area contributed by atoms with Crippen LogP contribution in [0, 0.1) is 0 Å². The lowest BCUT2D eigenvalue weighted by atomic mass is 10.1. The van der Waals surface area contributed by atoms with Gasteiger partial charge in [-0.3, -0.25) is 14.3 Å². The van der Waals surface area contributed by atoms with Gasteiger partial charge in [-0.25, -0.2) is 4.79 Å². The largest absolute Gasteiger partial charge is 0.510 e. The predicted octanol–water partition coefficient (Wildman–Crippen LogP) is 9.23. The van der Waals surface area contributed by atoms with Crippen LogP contribution in [0.4, 0.5) is 10.5 Å². The van der Waals surface area contributed by atoms with E-state index < -0.39 is 6.16 Å². The van der Waals surface area contributed by atoms with E-state index in [9.17, 15) is 9.59 Å². The van der Waals surface area contributed by atoms with Crippen molar-refractivity contribution in [1.29, 1.82) is 0 Å². The first-order chi connectivity index (χ1) is 23.6. The Kier molecular flexibility index (Phi) is 14.5. The number of carbonyl (C=O) groups is 1. The minimum atomic E-state index is -0.747. The highest BCUT2D eigenvalue weighted by Crippen LogP contribution is 2.31. The van der Waals surface area contributed by atoms with Crippen LogP contribution in [0.3, 0.4) is 0 Å². The van der Waals surface area contributed by atoms with E-state index in [0.717, 1.165) is 70.2 Å². The molecule has 0 N–H and O–H groups in total. The van der Waals surface area contributed by atoms with Crippen LogP contribution in [0.1, 0.15) is 84.0 Å².